The molecule has 3 heterocycles. The summed E-state index contributed by atoms with van der Waals surface area (Å²) in [7, 11) is 0. The number of allylic oxidation sites excluding steroid dienone is 2. The molecule has 0 saturated carbocycles. The predicted molar refractivity (Wildman–Crippen MR) is 56.2 cm³/mol. The SMILES string of the molecule is CC1C=CC2=C(CCn3nccc3O2)N1. The summed E-state index contributed by atoms with van der Waals surface area (Å²) in [5.41, 5.74) is 1.18. The summed E-state index contributed by atoms with van der Waals surface area (Å²) in [4.78, 5) is 0. The van der Waals surface area contributed by atoms with Crippen LogP contribution in [0.15, 0.2) is 35.9 Å². The second kappa shape index (κ2) is 3.15. The van der Waals surface area contributed by atoms with Crippen LogP contribution in [0.3, 0.4) is 0 Å². The number of nitrogens with zero attached hydrogens (tertiary/aromatic N) is 2. The molecule has 3 rings (SSSR count). The Morgan fingerprint density at radius 3 is 3.47 bits per heavy atom. The molecule has 78 valence electrons. The van der Waals surface area contributed by atoms with E-state index in [0.717, 1.165) is 24.6 Å². The average Bonchev–Trinajstić information content (AvgIpc) is 2.59. The van der Waals surface area contributed by atoms with Gasteiger partial charge in [0.05, 0.1) is 18.4 Å². The van der Waals surface area contributed by atoms with Gasteiger partial charge in [0, 0.05) is 18.5 Å². The molecule has 0 radical (unpaired) electrons. The van der Waals surface area contributed by atoms with Crippen LogP contribution in [0, 0.1) is 0 Å². The van der Waals surface area contributed by atoms with Crippen LogP contribution < -0.4 is 10.1 Å². The van der Waals surface area contributed by atoms with E-state index in [1.807, 2.05) is 16.8 Å². The number of nitrogens with one attached hydrogen (secondary N) is 1. The van der Waals surface area contributed by atoms with Gasteiger partial charge in [0.2, 0.25) is 5.88 Å². The Hall–Kier alpha value is -1.71. The van der Waals surface area contributed by atoms with Crippen LogP contribution in [-0.4, -0.2) is 15.8 Å². The summed E-state index contributed by atoms with van der Waals surface area (Å²) < 4.78 is 7.67. The lowest BCUT2D eigenvalue weighted by Gasteiger charge is -2.20. The first-order valence-corrected chi connectivity index (χ1v) is 5.20. The van der Waals surface area contributed by atoms with E-state index in [0.29, 0.717) is 6.04 Å². The van der Waals surface area contributed by atoms with Crippen molar-refractivity contribution in [2.45, 2.75) is 25.9 Å². The molecule has 4 nitrogen and oxygen atoms in total. The Morgan fingerprint density at radius 2 is 2.53 bits per heavy atom. The van der Waals surface area contributed by atoms with E-state index in [9.17, 15) is 0 Å². The molecule has 4 heteroatoms. The number of aryl methyl sites for hydroxylation is 1. The maximum atomic E-state index is 5.78. The number of fused-ring (bicyclic) bond motifs is 1. The molecule has 1 aromatic rings. The number of dihydropyridines is 1. The van der Waals surface area contributed by atoms with E-state index in [1.54, 1.807) is 6.20 Å². The molecule has 0 aliphatic carbocycles. The largest absolute Gasteiger partial charge is 0.437 e. The van der Waals surface area contributed by atoms with Gasteiger partial charge in [-0.25, -0.2) is 4.68 Å². The number of hydrogen-bond donors (Lipinski definition) is 1. The first kappa shape index (κ1) is 8.59. The Balaban J connectivity index is 1.96. The standard InChI is InChI=1S/C11H13N3O/c1-8-2-3-10-9(13-8)5-7-14-11(15-10)4-6-12-14/h2-4,6,8,13H,5,7H2,1H3. The molecule has 15 heavy (non-hydrogen) atoms. The lowest BCUT2D eigenvalue weighted by Crippen LogP contribution is -2.28. The lowest BCUT2D eigenvalue weighted by molar-refractivity contribution is 0.392. The third kappa shape index (κ3) is 1.42. The Labute approximate surface area is 88.2 Å². The van der Waals surface area contributed by atoms with Crippen LogP contribution in [0.2, 0.25) is 0 Å². The molecule has 0 saturated heterocycles. The number of aromatic nitrogens is 2. The Kier molecular flexibility index (Phi) is 1.80. The van der Waals surface area contributed by atoms with E-state index in [1.165, 1.54) is 5.70 Å². The zero-order valence-corrected chi connectivity index (χ0v) is 8.60. The minimum Gasteiger partial charge on any atom is -0.437 e. The predicted octanol–water partition coefficient (Wildman–Crippen LogP) is 1.43. The van der Waals surface area contributed by atoms with Gasteiger partial charge in [-0.3, -0.25) is 0 Å². The smallest absolute Gasteiger partial charge is 0.217 e. The molecule has 1 atom stereocenters. The molecule has 2 aliphatic rings. The average molecular weight is 203 g/mol. The van der Waals surface area contributed by atoms with Gasteiger partial charge in [-0.2, -0.15) is 5.10 Å². The highest BCUT2D eigenvalue weighted by molar-refractivity contribution is 5.30. The van der Waals surface area contributed by atoms with Gasteiger partial charge in [0.25, 0.3) is 0 Å². The van der Waals surface area contributed by atoms with Crippen LogP contribution in [0.5, 0.6) is 5.88 Å². The molecule has 1 N–H and O–H groups in total. The third-order valence-corrected chi connectivity index (χ3v) is 2.70. The van der Waals surface area contributed by atoms with Gasteiger partial charge in [-0.05, 0) is 13.0 Å². The fourth-order valence-corrected chi connectivity index (χ4v) is 1.92. The van der Waals surface area contributed by atoms with Crippen molar-refractivity contribution in [2.75, 3.05) is 0 Å². The highest BCUT2D eigenvalue weighted by Gasteiger charge is 2.19. The number of hydrogen-bond acceptors (Lipinski definition) is 3. The first-order valence-electron chi connectivity index (χ1n) is 5.20. The molecular weight excluding hydrogens is 190 g/mol. The highest BCUT2D eigenvalue weighted by Crippen LogP contribution is 2.24. The Morgan fingerprint density at radius 1 is 1.60 bits per heavy atom. The summed E-state index contributed by atoms with van der Waals surface area (Å²) >= 11 is 0. The summed E-state index contributed by atoms with van der Waals surface area (Å²) in [5, 5.41) is 7.62. The molecule has 0 amide bonds. The summed E-state index contributed by atoms with van der Waals surface area (Å²) in [5.74, 6) is 1.74. The normalized spacial score (nSPS) is 23.7. The summed E-state index contributed by atoms with van der Waals surface area (Å²) in [6.45, 7) is 3.00. The fraction of sp³-hybridized carbons (Fsp3) is 0.364. The Bertz CT molecular complexity index is 444. The molecule has 2 aliphatic heterocycles. The van der Waals surface area contributed by atoms with Gasteiger partial charge in [0.15, 0.2) is 0 Å². The zero-order valence-electron chi connectivity index (χ0n) is 8.60. The van der Waals surface area contributed by atoms with Gasteiger partial charge >= 0.3 is 0 Å². The second-order valence-electron chi connectivity index (χ2n) is 3.88. The van der Waals surface area contributed by atoms with Crippen LogP contribution in [-0.2, 0) is 6.54 Å². The van der Waals surface area contributed by atoms with Crippen molar-refractivity contribution in [3.05, 3.63) is 35.9 Å². The monoisotopic (exact) mass is 203 g/mol. The van der Waals surface area contributed by atoms with Gasteiger partial charge in [0.1, 0.15) is 5.76 Å². The van der Waals surface area contributed by atoms with Gasteiger partial charge in [-0.1, -0.05) is 6.08 Å². The summed E-state index contributed by atoms with van der Waals surface area (Å²) in [6.07, 6.45) is 6.85. The van der Waals surface area contributed by atoms with Crippen LogP contribution in [0.25, 0.3) is 0 Å². The van der Waals surface area contributed by atoms with Crippen molar-refractivity contribution in [1.29, 1.82) is 0 Å². The first-order chi connectivity index (χ1) is 7.33. The van der Waals surface area contributed by atoms with E-state index >= 15 is 0 Å². The molecule has 0 aromatic carbocycles. The quantitative estimate of drug-likeness (QED) is 0.693. The number of ether oxygens (including phenoxy) is 1. The van der Waals surface area contributed by atoms with Crippen molar-refractivity contribution >= 4 is 0 Å². The van der Waals surface area contributed by atoms with Crippen molar-refractivity contribution in [3.63, 3.8) is 0 Å². The van der Waals surface area contributed by atoms with Crippen molar-refractivity contribution < 1.29 is 4.74 Å². The van der Waals surface area contributed by atoms with Crippen molar-refractivity contribution in [3.8, 4) is 5.88 Å². The number of rotatable bonds is 0. The van der Waals surface area contributed by atoms with E-state index in [4.69, 9.17) is 4.74 Å². The van der Waals surface area contributed by atoms with Crippen LogP contribution in [0.4, 0.5) is 0 Å². The maximum Gasteiger partial charge on any atom is 0.217 e. The summed E-state index contributed by atoms with van der Waals surface area (Å²) in [6, 6.07) is 2.28. The van der Waals surface area contributed by atoms with E-state index in [-0.39, 0.29) is 0 Å². The van der Waals surface area contributed by atoms with Crippen molar-refractivity contribution in [2.24, 2.45) is 0 Å². The minimum absolute atomic E-state index is 0.387. The molecule has 1 unspecified atom stereocenters. The van der Waals surface area contributed by atoms with E-state index in [2.05, 4.69) is 23.4 Å². The fourth-order valence-electron chi connectivity index (χ4n) is 1.92. The highest BCUT2D eigenvalue weighted by atomic mass is 16.5. The molecule has 0 bridgehead atoms. The lowest BCUT2D eigenvalue weighted by atomic mass is 10.1. The van der Waals surface area contributed by atoms with Gasteiger partial charge in [-0.15, -0.1) is 0 Å². The van der Waals surface area contributed by atoms with Gasteiger partial charge < -0.3 is 10.1 Å². The molecule has 0 spiro atoms. The molecule has 1 aromatic heterocycles. The maximum absolute atomic E-state index is 5.78. The molecular formula is C11H13N3O. The van der Waals surface area contributed by atoms with E-state index < -0.39 is 0 Å². The van der Waals surface area contributed by atoms with Crippen LogP contribution >= 0.6 is 0 Å². The third-order valence-electron chi connectivity index (χ3n) is 2.70. The minimum atomic E-state index is 0.387. The molecule has 0 fully saturated rings. The second-order valence-corrected chi connectivity index (χ2v) is 3.88. The zero-order chi connectivity index (χ0) is 10.3. The topological polar surface area (TPSA) is 39.1 Å². The van der Waals surface area contributed by atoms with Crippen molar-refractivity contribution in [1.82, 2.24) is 15.1 Å². The van der Waals surface area contributed by atoms with Crippen LogP contribution in [0.1, 0.15) is 13.3 Å².